The van der Waals surface area contributed by atoms with Gasteiger partial charge in [0.15, 0.2) is 5.69 Å². The smallest absolute Gasteiger partial charge is 0.198 e. The van der Waals surface area contributed by atoms with Crippen LogP contribution in [0.1, 0.15) is 36.2 Å². The van der Waals surface area contributed by atoms with Gasteiger partial charge < -0.3 is 0 Å². The van der Waals surface area contributed by atoms with Crippen LogP contribution in [0.25, 0.3) is 22.0 Å². The maximum atomic E-state index is 2.53. The third-order valence-electron chi connectivity index (χ3n) is 6.36. The predicted octanol–water partition coefficient (Wildman–Crippen LogP) is 5.13. The lowest BCUT2D eigenvalue weighted by Crippen LogP contribution is -2.42. The van der Waals surface area contributed by atoms with Crippen LogP contribution >= 0.6 is 0 Å². The number of fused-ring (bicyclic) bond motifs is 2. The third-order valence-corrected chi connectivity index (χ3v) is 8.38. The van der Waals surface area contributed by atoms with Crippen LogP contribution in [0.5, 0.6) is 0 Å². The fourth-order valence-electron chi connectivity index (χ4n) is 4.58. The number of nitrogens with zero attached hydrogens (tertiary/aromatic N) is 1. The van der Waals surface area contributed by atoms with Crippen LogP contribution in [-0.4, -0.2) is 8.07 Å². The van der Waals surface area contributed by atoms with Crippen molar-refractivity contribution in [3.05, 3.63) is 58.8 Å². The summed E-state index contributed by atoms with van der Waals surface area (Å²) < 4.78 is 2.39. The first kappa shape index (κ1) is 17.5. The van der Waals surface area contributed by atoms with Gasteiger partial charge in [-0.1, -0.05) is 69.0 Å². The molecule has 0 amide bonds. The van der Waals surface area contributed by atoms with Gasteiger partial charge in [-0.3, -0.25) is 0 Å². The average Bonchev–Trinajstić information content (AvgIpc) is 2.54. The van der Waals surface area contributed by atoms with E-state index >= 15 is 0 Å². The molecule has 0 radical (unpaired) electrons. The second kappa shape index (κ2) is 5.29. The number of aryl methyl sites for hydroxylation is 2. The monoisotopic (exact) mass is 360 g/mol. The van der Waals surface area contributed by atoms with Crippen molar-refractivity contribution in [2.45, 2.75) is 52.8 Å². The minimum Gasteiger partial charge on any atom is -0.198 e. The Labute approximate surface area is 158 Å². The lowest BCUT2D eigenvalue weighted by atomic mass is 9.68. The second-order valence-electron chi connectivity index (χ2n) is 9.55. The zero-order valence-electron chi connectivity index (χ0n) is 17.4. The van der Waals surface area contributed by atoms with Gasteiger partial charge in [0.05, 0.1) is 19.0 Å². The van der Waals surface area contributed by atoms with E-state index in [4.69, 9.17) is 0 Å². The zero-order valence-corrected chi connectivity index (χ0v) is 18.4. The highest BCUT2D eigenvalue weighted by atomic mass is 28.3. The van der Waals surface area contributed by atoms with Crippen molar-refractivity contribution < 1.29 is 4.57 Å². The molecule has 0 atom stereocenters. The van der Waals surface area contributed by atoms with Gasteiger partial charge in [-0.25, -0.2) is 0 Å². The molecule has 0 aliphatic heterocycles. The summed E-state index contributed by atoms with van der Waals surface area (Å²) in [5.74, 6) is 0. The Bertz CT molecular complexity index is 1070. The summed E-state index contributed by atoms with van der Waals surface area (Å²) in [6.07, 6.45) is 0. The van der Waals surface area contributed by atoms with E-state index in [-0.39, 0.29) is 5.41 Å². The maximum Gasteiger partial charge on any atom is 0.221 e. The molecule has 1 aromatic heterocycles. The van der Waals surface area contributed by atoms with E-state index in [2.05, 4.69) is 95.3 Å². The van der Waals surface area contributed by atoms with E-state index in [1.54, 1.807) is 5.19 Å². The Balaban J connectivity index is 2.29. The van der Waals surface area contributed by atoms with Crippen LogP contribution in [0.4, 0.5) is 0 Å². The molecule has 4 rings (SSSR count). The summed E-state index contributed by atoms with van der Waals surface area (Å²) in [7, 11) is 0.823. The van der Waals surface area contributed by atoms with E-state index in [1.165, 1.54) is 44.4 Å². The first-order valence-corrected chi connectivity index (χ1v) is 13.1. The minimum absolute atomic E-state index is 0.0184. The van der Waals surface area contributed by atoms with Crippen LogP contribution in [0.3, 0.4) is 0 Å². The van der Waals surface area contributed by atoms with Crippen molar-refractivity contribution in [3.8, 4) is 11.3 Å². The van der Waals surface area contributed by atoms with Crippen LogP contribution in [-0.2, 0) is 12.5 Å². The van der Waals surface area contributed by atoms with Crippen molar-refractivity contribution in [3.63, 3.8) is 0 Å². The molecule has 134 valence electrons. The molecule has 0 spiro atoms. The molecule has 0 saturated carbocycles. The van der Waals surface area contributed by atoms with Crippen LogP contribution in [0, 0.1) is 13.8 Å². The first-order valence-electron chi connectivity index (χ1n) is 9.62. The van der Waals surface area contributed by atoms with E-state index in [0.29, 0.717) is 0 Å². The summed E-state index contributed by atoms with van der Waals surface area (Å²) in [6.45, 7) is 16.6. The molecule has 0 N–H and O–H groups in total. The number of hydrogen-bond acceptors (Lipinski definition) is 0. The van der Waals surface area contributed by atoms with Gasteiger partial charge in [0.1, 0.15) is 7.05 Å². The normalized spacial score (nSPS) is 15.2. The quantitative estimate of drug-likeness (QED) is 0.418. The molecule has 26 heavy (non-hydrogen) atoms. The molecular formula is C24H30NSi+. The second-order valence-corrected chi connectivity index (χ2v) is 14.6. The van der Waals surface area contributed by atoms with Crippen LogP contribution in [0.2, 0.25) is 19.6 Å². The topological polar surface area (TPSA) is 3.88 Å². The number of benzene rings is 2. The summed E-state index contributed by atoms with van der Waals surface area (Å²) in [6, 6.07) is 14.2. The fraction of sp³-hybridized carbons (Fsp3) is 0.375. The summed E-state index contributed by atoms with van der Waals surface area (Å²) in [5.41, 5.74) is 8.49. The molecule has 0 unspecified atom stereocenters. The molecular weight excluding hydrogens is 330 g/mol. The van der Waals surface area contributed by atoms with Crippen LogP contribution < -0.4 is 9.75 Å². The Morgan fingerprint density at radius 2 is 1.62 bits per heavy atom. The number of aromatic nitrogens is 1. The molecule has 1 heterocycles. The largest absolute Gasteiger partial charge is 0.221 e. The summed E-state index contributed by atoms with van der Waals surface area (Å²) in [5, 5.41) is 4.42. The molecule has 1 aliphatic carbocycles. The van der Waals surface area contributed by atoms with Gasteiger partial charge >= 0.3 is 0 Å². The first-order chi connectivity index (χ1) is 12.0. The Morgan fingerprint density at radius 1 is 0.923 bits per heavy atom. The molecule has 0 bridgehead atoms. The number of pyridine rings is 1. The Kier molecular flexibility index (Phi) is 3.56. The minimum atomic E-state index is -1.39. The average molecular weight is 361 g/mol. The Hall–Kier alpha value is -1.93. The van der Waals surface area contributed by atoms with Gasteiger partial charge in [0.2, 0.25) is 5.69 Å². The van der Waals surface area contributed by atoms with Gasteiger partial charge in [-0.05, 0) is 29.0 Å². The molecule has 0 fully saturated rings. The van der Waals surface area contributed by atoms with Crippen molar-refractivity contribution in [1.82, 2.24) is 0 Å². The standard InChI is InChI=1S/C24H30NSi/c1-15-10-9-11-19-21(15)23-22-17(12-16(2)25(23)5)13-18(26(6,7)8)14-20(22)24(19,3)4/h9-14H,1-8H3/q+1. The van der Waals surface area contributed by atoms with Crippen molar-refractivity contribution in [1.29, 1.82) is 0 Å². The predicted molar refractivity (Wildman–Crippen MR) is 115 cm³/mol. The zero-order chi connectivity index (χ0) is 19.0. The third kappa shape index (κ3) is 2.24. The van der Waals surface area contributed by atoms with Crippen molar-refractivity contribution in [2.24, 2.45) is 7.05 Å². The number of rotatable bonds is 1. The molecule has 2 aromatic carbocycles. The fourth-order valence-corrected chi connectivity index (χ4v) is 5.74. The summed E-state index contributed by atoms with van der Waals surface area (Å²) in [4.78, 5) is 0. The molecule has 3 aromatic rings. The maximum absolute atomic E-state index is 2.53. The van der Waals surface area contributed by atoms with Crippen molar-refractivity contribution in [2.75, 3.05) is 0 Å². The van der Waals surface area contributed by atoms with Gasteiger partial charge in [0.25, 0.3) is 0 Å². The highest BCUT2D eigenvalue weighted by molar-refractivity contribution is 6.88. The van der Waals surface area contributed by atoms with Crippen LogP contribution in [0.15, 0.2) is 36.4 Å². The molecule has 0 saturated heterocycles. The van der Waals surface area contributed by atoms with E-state index in [9.17, 15) is 0 Å². The summed E-state index contributed by atoms with van der Waals surface area (Å²) >= 11 is 0. The van der Waals surface area contributed by atoms with Crippen molar-refractivity contribution >= 4 is 24.0 Å². The lowest BCUT2D eigenvalue weighted by molar-refractivity contribution is -0.665. The van der Waals surface area contributed by atoms with E-state index in [0.717, 1.165) is 0 Å². The van der Waals surface area contributed by atoms with E-state index < -0.39 is 8.07 Å². The highest BCUT2D eigenvalue weighted by Gasteiger charge is 2.39. The molecule has 2 heteroatoms. The Morgan fingerprint density at radius 3 is 2.27 bits per heavy atom. The van der Waals surface area contributed by atoms with E-state index in [1.807, 2.05) is 0 Å². The molecule has 1 nitrogen and oxygen atoms in total. The van der Waals surface area contributed by atoms with Gasteiger partial charge in [0, 0.05) is 18.4 Å². The molecule has 1 aliphatic rings. The lowest BCUT2D eigenvalue weighted by Gasteiger charge is -2.35. The highest BCUT2D eigenvalue weighted by Crippen LogP contribution is 2.48. The number of hydrogen-bond donors (Lipinski definition) is 0. The van der Waals surface area contributed by atoms with Gasteiger partial charge in [-0.15, -0.1) is 0 Å². The SMILES string of the molecule is Cc1cccc2c1-c1c3c(cc([Si](C)(C)C)cc3cc(C)[n+]1C)C2(C)C. The van der Waals surface area contributed by atoms with Gasteiger partial charge in [-0.2, -0.15) is 4.57 Å².